The van der Waals surface area contributed by atoms with Crippen molar-refractivity contribution in [1.82, 2.24) is 14.5 Å². The van der Waals surface area contributed by atoms with Crippen molar-refractivity contribution in [1.29, 1.82) is 0 Å². The summed E-state index contributed by atoms with van der Waals surface area (Å²) >= 11 is 0. The third kappa shape index (κ3) is 4.33. The lowest BCUT2D eigenvalue weighted by Gasteiger charge is -2.37. The first-order valence-electron chi connectivity index (χ1n) is 12.1. The van der Waals surface area contributed by atoms with Crippen LogP contribution in [0.2, 0.25) is 0 Å². The van der Waals surface area contributed by atoms with Gasteiger partial charge in [-0.2, -0.15) is 4.31 Å². The summed E-state index contributed by atoms with van der Waals surface area (Å²) in [6.07, 6.45) is 6.00. The molecule has 2 N–H and O–H groups in total. The van der Waals surface area contributed by atoms with Crippen LogP contribution in [0.25, 0.3) is 0 Å². The molecule has 2 aliphatic heterocycles. The van der Waals surface area contributed by atoms with Crippen LogP contribution in [-0.4, -0.2) is 59.6 Å². The Morgan fingerprint density at radius 1 is 1.03 bits per heavy atom. The summed E-state index contributed by atoms with van der Waals surface area (Å²) in [5.74, 6) is -0.838. The van der Waals surface area contributed by atoms with Gasteiger partial charge in [0.05, 0.1) is 4.90 Å². The van der Waals surface area contributed by atoms with E-state index >= 15 is 0 Å². The molecule has 1 aromatic carbocycles. The fourth-order valence-corrected chi connectivity index (χ4v) is 7.57. The number of imide groups is 1. The van der Waals surface area contributed by atoms with Crippen molar-refractivity contribution in [2.75, 3.05) is 11.9 Å². The van der Waals surface area contributed by atoms with Gasteiger partial charge >= 0.3 is 6.03 Å². The Morgan fingerprint density at radius 2 is 1.68 bits per heavy atom. The van der Waals surface area contributed by atoms with Crippen molar-refractivity contribution >= 4 is 33.6 Å². The van der Waals surface area contributed by atoms with E-state index in [1.165, 1.54) is 24.3 Å². The number of urea groups is 1. The molecule has 1 saturated carbocycles. The van der Waals surface area contributed by atoms with Crippen molar-refractivity contribution < 1.29 is 22.8 Å². The molecule has 3 fully saturated rings. The summed E-state index contributed by atoms with van der Waals surface area (Å²) in [7, 11) is -3.65. The minimum Gasteiger partial charge on any atom is -0.325 e. The van der Waals surface area contributed by atoms with E-state index in [2.05, 4.69) is 10.6 Å². The Morgan fingerprint density at radius 3 is 2.29 bits per heavy atom. The number of nitrogens with one attached hydrogen (secondary N) is 2. The topological polar surface area (TPSA) is 116 Å². The second-order valence-corrected chi connectivity index (χ2v) is 11.8. The monoisotopic (exact) mass is 490 g/mol. The number of hydrogen-bond donors (Lipinski definition) is 2. The second kappa shape index (κ2) is 9.30. The fourth-order valence-electron chi connectivity index (χ4n) is 5.69. The van der Waals surface area contributed by atoms with Gasteiger partial charge in [0.1, 0.15) is 12.1 Å². The average Bonchev–Trinajstić information content (AvgIpc) is 3.01. The first-order chi connectivity index (χ1) is 16.1. The molecule has 2 heterocycles. The molecule has 34 heavy (non-hydrogen) atoms. The lowest BCUT2D eigenvalue weighted by molar-refractivity contribution is -0.136. The summed E-state index contributed by atoms with van der Waals surface area (Å²) in [6.45, 7) is 5.43. The Bertz CT molecular complexity index is 1060. The quantitative estimate of drug-likeness (QED) is 0.616. The number of carbonyl (C=O) groups excluding carboxylic acids is 3. The molecule has 186 valence electrons. The molecule has 1 spiro atoms. The van der Waals surface area contributed by atoms with Gasteiger partial charge in [-0.05, 0) is 69.7 Å². The third-order valence-electron chi connectivity index (χ3n) is 7.63. The van der Waals surface area contributed by atoms with Crippen LogP contribution < -0.4 is 10.6 Å². The highest BCUT2D eigenvalue weighted by atomic mass is 32.2. The van der Waals surface area contributed by atoms with Crippen LogP contribution in [0.3, 0.4) is 0 Å². The maximum atomic E-state index is 13.2. The Balaban J connectivity index is 1.41. The van der Waals surface area contributed by atoms with Crippen LogP contribution >= 0.6 is 0 Å². The number of carbonyl (C=O) groups is 3. The van der Waals surface area contributed by atoms with E-state index in [1.54, 1.807) is 4.31 Å². The number of rotatable bonds is 5. The standard InChI is InChI=1S/C24H34N4O5S/c1-16-7-4-5-14-24(16)22(30)27(23(31)26-24)15-21(29)25-19-10-12-20(13-11-19)34(32,33)28-17(2)8-6-9-18(28)3/h10-13,16-18H,4-9,14-15H2,1-3H3,(H,25,29)(H,26,31). The molecule has 4 amide bonds. The molecule has 4 atom stereocenters. The summed E-state index contributed by atoms with van der Waals surface area (Å²) in [5.41, 5.74) is -0.509. The summed E-state index contributed by atoms with van der Waals surface area (Å²) in [4.78, 5) is 39.3. The normalized spacial score (nSPS) is 30.4. The van der Waals surface area contributed by atoms with Crippen LogP contribution in [-0.2, 0) is 19.6 Å². The molecule has 0 aromatic heterocycles. The van der Waals surface area contributed by atoms with Crippen LogP contribution in [0.4, 0.5) is 10.5 Å². The summed E-state index contributed by atoms with van der Waals surface area (Å²) < 4.78 is 27.9. The molecule has 3 aliphatic rings. The van der Waals surface area contributed by atoms with Crippen molar-refractivity contribution in [2.24, 2.45) is 5.92 Å². The van der Waals surface area contributed by atoms with E-state index in [0.29, 0.717) is 12.1 Å². The average molecular weight is 491 g/mol. The van der Waals surface area contributed by atoms with Crippen LogP contribution in [0.15, 0.2) is 29.2 Å². The molecule has 2 saturated heterocycles. The highest BCUT2D eigenvalue weighted by Gasteiger charge is 2.55. The van der Waals surface area contributed by atoms with Crippen molar-refractivity contribution in [3.63, 3.8) is 0 Å². The minimum absolute atomic E-state index is 0.0191. The van der Waals surface area contributed by atoms with Gasteiger partial charge in [-0.3, -0.25) is 14.5 Å². The molecule has 4 unspecified atom stereocenters. The van der Waals surface area contributed by atoms with Gasteiger partial charge < -0.3 is 10.6 Å². The SMILES string of the molecule is CC1CCCC(C)N1S(=O)(=O)c1ccc(NC(=O)CN2C(=O)NC3(CCCCC3C)C2=O)cc1. The van der Waals surface area contributed by atoms with Crippen molar-refractivity contribution in [2.45, 2.75) is 88.2 Å². The first kappa shape index (κ1) is 24.7. The molecule has 10 heteroatoms. The first-order valence-corrected chi connectivity index (χ1v) is 13.6. The number of benzene rings is 1. The van der Waals surface area contributed by atoms with Gasteiger partial charge in [0.2, 0.25) is 15.9 Å². The largest absolute Gasteiger partial charge is 0.325 e. The predicted octanol–water partition coefficient (Wildman–Crippen LogP) is 3.08. The van der Waals surface area contributed by atoms with E-state index in [0.717, 1.165) is 43.4 Å². The number of piperidine rings is 1. The van der Waals surface area contributed by atoms with E-state index in [9.17, 15) is 22.8 Å². The number of hydrogen-bond acceptors (Lipinski definition) is 5. The second-order valence-electron chi connectivity index (χ2n) is 9.98. The molecule has 4 rings (SSSR count). The Labute approximate surface area is 201 Å². The summed E-state index contributed by atoms with van der Waals surface area (Å²) in [6, 6.07) is 5.35. The lowest BCUT2D eigenvalue weighted by atomic mass is 9.73. The number of nitrogens with zero attached hydrogens (tertiary/aromatic N) is 2. The zero-order valence-electron chi connectivity index (χ0n) is 20.0. The van der Waals surface area contributed by atoms with Gasteiger partial charge in [-0.15, -0.1) is 0 Å². The Kier molecular flexibility index (Phi) is 6.74. The van der Waals surface area contributed by atoms with Crippen molar-refractivity contribution in [3.05, 3.63) is 24.3 Å². The van der Waals surface area contributed by atoms with E-state index in [1.807, 2.05) is 20.8 Å². The highest BCUT2D eigenvalue weighted by Crippen LogP contribution is 2.38. The van der Waals surface area contributed by atoms with Crippen LogP contribution in [0.5, 0.6) is 0 Å². The molecule has 0 radical (unpaired) electrons. The minimum atomic E-state index is -3.65. The summed E-state index contributed by atoms with van der Waals surface area (Å²) in [5, 5.41) is 5.50. The van der Waals surface area contributed by atoms with Crippen molar-refractivity contribution in [3.8, 4) is 0 Å². The fraction of sp³-hybridized carbons (Fsp3) is 0.625. The van der Waals surface area contributed by atoms with Crippen LogP contribution in [0, 0.1) is 5.92 Å². The zero-order valence-corrected chi connectivity index (χ0v) is 20.9. The van der Waals surface area contributed by atoms with Gasteiger partial charge in [0.15, 0.2) is 0 Å². The molecular weight excluding hydrogens is 456 g/mol. The van der Waals surface area contributed by atoms with Gasteiger partial charge in [-0.1, -0.05) is 26.2 Å². The maximum Gasteiger partial charge on any atom is 0.325 e. The predicted molar refractivity (Wildman–Crippen MR) is 127 cm³/mol. The lowest BCUT2D eigenvalue weighted by Crippen LogP contribution is -2.54. The van der Waals surface area contributed by atoms with Gasteiger partial charge in [-0.25, -0.2) is 13.2 Å². The van der Waals surface area contributed by atoms with Gasteiger partial charge in [0.25, 0.3) is 5.91 Å². The van der Waals surface area contributed by atoms with E-state index in [4.69, 9.17) is 0 Å². The number of amides is 4. The maximum absolute atomic E-state index is 13.2. The number of anilines is 1. The Hall–Kier alpha value is -2.46. The molecule has 9 nitrogen and oxygen atoms in total. The van der Waals surface area contributed by atoms with E-state index < -0.39 is 27.5 Å². The number of sulfonamides is 1. The highest BCUT2D eigenvalue weighted by molar-refractivity contribution is 7.89. The molecule has 1 aliphatic carbocycles. The molecule has 0 bridgehead atoms. The van der Waals surface area contributed by atoms with Crippen LogP contribution in [0.1, 0.15) is 65.7 Å². The zero-order chi connectivity index (χ0) is 24.7. The molecule has 1 aromatic rings. The van der Waals surface area contributed by atoms with E-state index in [-0.39, 0.29) is 35.3 Å². The third-order valence-corrected chi connectivity index (χ3v) is 9.77. The molecular formula is C24H34N4O5S. The van der Waals surface area contributed by atoms with Gasteiger partial charge in [0, 0.05) is 17.8 Å². The smallest absolute Gasteiger partial charge is 0.325 e.